The second-order valence-corrected chi connectivity index (χ2v) is 3.35. The van der Waals surface area contributed by atoms with Crippen molar-refractivity contribution >= 4 is 41.0 Å². The monoisotopic (exact) mass is 219 g/mol. The van der Waals surface area contributed by atoms with Crippen molar-refractivity contribution in [3.63, 3.8) is 0 Å². The molecule has 0 rings (SSSR count). The molecule has 0 saturated carbocycles. The summed E-state index contributed by atoms with van der Waals surface area (Å²) < 4.78 is 0. The van der Waals surface area contributed by atoms with E-state index in [2.05, 4.69) is 17.9 Å². The molecule has 70 valence electrons. The lowest BCUT2D eigenvalue weighted by Crippen LogP contribution is -2.16. The molecule has 0 fully saturated rings. The van der Waals surface area contributed by atoms with E-state index < -0.39 is 0 Å². The zero-order valence-corrected chi connectivity index (χ0v) is 9.35. The second kappa shape index (κ2) is 13.2. The molecule has 0 aromatic rings. The van der Waals surface area contributed by atoms with Gasteiger partial charge in [0.1, 0.15) is 0 Å². The summed E-state index contributed by atoms with van der Waals surface area (Å²) in [6.45, 7) is 3.30. The Morgan fingerprint density at radius 3 is 2.00 bits per heavy atom. The third-order valence-electron chi connectivity index (χ3n) is 0.430. The minimum Gasteiger partial charge on any atom is -0.327 e. The van der Waals surface area contributed by atoms with Crippen molar-refractivity contribution in [1.29, 1.82) is 0 Å². The van der Waals surface area contributed by atoms with Crippen LogP contribution in [0.2, 0.25) is 0 Å². The Balaban J connectivity index is -0.000000114. The van der Waals surface area contributed by atoms with Gasteiger partial charge in [-0.3, -0.25) is 4.79 Å². The largest absolute Gasteiger partial charge is 0.327 e. The summed E-state index contributed by atoms with van der Waals surface area (Å²) in [6, 6.07) is 0.361. The van der Waals surface area contributed by atoms with Crippen molar-refractivity contribution < 1.29 is 4.79 Å². The SMILES string of the molecule is CC(=O)Cl.CSC[C@@H](C)N.Cl. The quantitative estimate of drug-likeness (QED) is 0.722. The minimum absolute atomic E-state index is 0. The first-order valence-corrected chi connectivity index (χ1v) is 4.68. The van der Waals surface area contributed by atoms with Crippen molar-refractivity contribution in [2.75, 3.05) is 12.0 Å². The lowest BCUT2D eigenvalue weighted by Gasteiger charge is -1.96. The van der Waals surface area contributed by atoms with Gasteiger partial charge >= 0.3 is 0 Å². The molecular weight excluding hydrogens is 205 g/mol. The molecule has 0 spiro atoms. The van der Waals surface area contributed by atoms with Crippen molar-refractivity contribution in [3.8, 4) is 0 Å². The Labute approximate surface area is 83.7 Å². The molecule has 0 aliphatic rings. The summed E-state index contributed by atoms with van der Waals surface area (Å²) >= 11 is 6.42. The average molecular weight is 220 g/mol. The second-order valence-electron chi connectivity index (χ2n) is 1.90. The van der Waals surface area contributed by atoms with E-state index in [1.54, 1.807) is 11.8 Å². The van der Waals surface area contributed by atoms with Crippen LogP contribution in [-0.2, 0) is 4.79 Å². The molecule has 2 N–H and O–H groups in total. The maximum Gasteiger partial charge on any atom is 0.218 e. The zero-order chi connectivity index (χ0) is 8.57. The van der Waals surface area contributed by atoms with Gasteiger partial charge in [-0.2, -0.15) is 11.8 Å². The molecule has 2 nitrogen and oxygen atoms in total. The van der Waals surface area contributed by atoms with Crippen LogP contribution in [0.4, 0.5) is 0 Å². The highest BCUT2D eigenvalue weighted by Crippen LogP contribution is 1.91. The molecule has 1 atom stereocenters. The van der Waals surface area contributed by atoms with E-state index in [1.807, 2.05) is 6.92 Å². The molecule has 0 aliphatic carbocycles. The van der Waals surface area contributed by atoms with Gasteiger partial charge in [-0.1, -0.05) is 0 Å². The summed E-state index contributed by atoms with van der Waals surface area (Å²) in [7, 11) is 0. The molecule has 0 aromatic heterocycles. The van der Waals surface area contributed by atoms with Crippen LogP contribution in [0.25, 0.3) is 0 Å². The van der Waals surface area contributed by atoms with Gasteiger partial charge in [0.05, 0.1) is 0 Å². The highest BCUT2D eigenvalue weighted by atomic mass is 35.5. The van der Waals surface area contributed by atoms with E-state index in [0.717, 1.165) is 5.75 Å². The van der Waals surface area contributed by atoms with E-state index in [-0.39, 0.29) is 17.6 Å². The molecule has 11 heavy (non-hydrogen) atoms. The smallest absolute Gasteiger partial charge is 0.218 e. The number of hydrogen-bond donors (Lipinski definition) is 1. The Bertz CT molecular complexity index is 86.7. The number of thioether (sulfide) groups is 1. The maximum absolute atomic E-state index is 9.21. The molecule has 0 bridgehead atoms. The highest BCUT2D eigenvalue weighted by Gasteiger charge is 1.85. The lowest BCUT2D eigenvalue weighted by molar-refractivity contribution is -0.109. The van der Waals surface area contributed by atoms with Crippen LogP contribution in [0.1, 0.15) is 13.8 Å². The van der Waals surface area contributed by atoms with E-state index >= 15 is 0 Å². The number of nitrogens with two attached hydrogens (primary N) is 1. The van der Waals surface area contributed by atoms with Gasteiger partial charge in [0, 0.05) is 18.7 Å². The summed E-state index contributed by atoms with van der Waals surface area (Å²) in [5.41, 5.74) is 5.38. The molecule has 0 aromatic carbocycles. The van der Waals surface area contributed by atoms with Gasteiger partial charge in [0.15, 0.2) is 0 Å². The van der Waals surface area contributed by atoms with Crippen LogP contribution < -0.4 is 5.73 Å². The Hall–Kier alpha value is 0.560. The number of carbonyl (C=O) groups excluding carboxylic acids is 1. The number of carbonyl (C=O) groups is 1. The van der Waals surface area contributed by atoms with E-state index in [9.17, 15) is 4.79 Å². The van der Waals surface area contributed by atoms with Gasteiger partial charge in [0.25, 0.3) is 0 Å². The summed E-state index contributed by atoms with van der Waals surface area (Å²) in [5, 5.41) is -0.361. The fourth-order valence-corrected chi connectivity index (χ4v) is 0.789. The number of halogens is 2. The predicted molar refractivity (Wildman–Crippen MR) is 55.8 cm³/mol. The summed E-state index contributed by atoms with van der Waals surface area (Å²) in [5.74, 6) is 1.07. The maximum atomic E-state index is 9.21. The topological polar surface area (TPSA) is 43.1 Å². The van der Waals surface area contributed by atoms with Crippen LogP contribution in [-0.4, -0.2) is 23.3 Å². The Morgan fingerprint density at radius 1 is 1.73 bits per heavy atom. The average Bonchev–Trinajstić information content (AvgIpc) is 1.62. The van der Waals surface area contributed by atoms with Gasteiger partial charge < -0.3 is 5.73 Å². The molecule has 0 saturated heterocycles. The molecule has 5 heteroatoms. The Morgan fingerprint density at radius 2 is 2.00 bits per heavy atom. The normalized spacial score (nSPS) is 10.3. The van der Waals surface area contributed by atoms with Gasteiger partial charge in [0.2, 0.25) is 5.24 Å². The fourth-order valence-electron chi connectivity index (χ4n) is 0.263. The predicted octanol–water partition coefficient (Wildman–Crippen LogP) is 1.89. The van der Waals surface area contributed by atoms with Gasteiger partial charge in [-0.25, -0.2) is 0 Å². The molecule has 0 radical (unpaired) electrons. The van der Waals surface area contributed by atoms with Crippen molar-refractivity contribution in [2.45, 2.75) is 19.9 Å². The minimum atomic E-state index is -0.361. The van der Waals surface area contributed by atoms with Crippen molar-refractivity contribution in [3.05, 3.63) is 0 Å². The standard InChI is InChI=1S/C4H11NS.C2H3ClO.ClH/c1-4(5)3-6-2;1-2(3)4;/h4H,3,5H2,1-2H3;1H3;1H/t4-;;/m1../s1. The van der Waals surface area contributed by atoms with E-state index in [4.69, 9.17) is 5.73 Å². The first-order chi connectivity index (χ1) is 4.50. The van der Waals surface area contributed by atoms with Gasteiger partial charge in [-0.15, -0.1) is 12.4 Å². The Kier molecular flexibility index (Phi) is 21.1. The van der Waals surface area contributed by atoms with Crippen molar-refractivity contribution in [1.82, 2.24) is 0 Å². The molecule has 0 aliphatic heterocycles. The highest BCUT2D eigenvalue weighted by molar-refractivity contribution is 7.98. The van der Waals surface area contributed by atoms with E-state index in [0.29, 0.717) is 6.04 Å². The number of rotatable bonds is 2. The van der Waals surface area contributed by atoms with Crippen LogP contribution in [0.5, 0.6) is 0 Å². The zero-order valence-electron chi connectivity index (χ0n) is 6.96. The third kappa shape index (κ3) is 61.1. The molecule has 0 heterocycles. The van der Waals surface area contributed by atoms with E-state index in [1.165, 1.54) is 6.92 Å². The van der Waals surface area contributed by atoms with Gasteiger partial charge in [-0.05, 0) is 24.8 Å². The molecule has 0 unspecified atom stereocenters. The molecular formula is C6H15Cl2NOS. The number of hydrogen-bond acceptors (Lipinski definition) is 3. The van der Waals surface area contributed by atoms with Crippen LogP contribution in [0.3, 0.4) is 0 Å². The van der Waals surface area contributed by atoms with Crippen LogP contribution >= 0.6 is 35.8 Å². The summed E-state index contributed by atoms with van der Waals surface area (Å²) in [6.07, 6.45) is 2.06. The van der Waals surface area contributed by atoms with Crippen molar-refractivity contribution in [2.24, 2.45) is 5.73 Å². The molecule has 0 amide bonds. The first kappa shape index (κ1) is 17.6. The summed E-state index contributed by atoms with van der Waals surface area (Å²) in [4.78, 5) is 9.21. The van der Waals surface area contributed by atoms with Crippen LogP contribution in [0, 0.1) is 0 Å². The first-order valence-electron chi connectivity index (χ1n) is 2.91. The lowest BCUT2D eigenvalue weighted by atomic mass is 10.4. The van der Waals surface area contributed by atoms with Crippen LogP contribution in [0.15, 0.2) is 0 Å². The third-order valence-corrected chi connectivity index (χ3v) is 1.29. The fraction of sp³-hybridized carbons (Fsp3) is 0.833.